The third-order valence-electron chi connectivity index (χ3n) is 4.43. The molecule has 2 aromatic carbocycles. The molecule has 0 aliphatic carbocycles. The second kappa shape index (κ2) is 8.61. The summed E-state index contributed by atoms with van der Waals surface area (Å²) >= 11 is 0. The second-order valence-corrected chi connectivity index (χ2v) is 6.67. The molecule has 0 saturated heterocycles. The van der Waals surface area contributed by atoms with E-state index in [2.05, 4.69) is 0 Å². The van der Waals surface area contributed by atoms with E-state index in [-0.39, 0.29) is 12.5 Å². The third kappa shape index (κ3) is 4.91. The van der Waals surface area contributed by atoms with Crippen molar-refractivity contribution in [2.45, 2.75) is 13.8 Å². The average molecular weight is 381 g/mol. The lowest BCUT2D eigenvalue weighted by molar-refractivity contribution is -0.132. The molecule has 1 heterocycles. The van der Waals surface area contributed by atoms with Crippen LogP contribution in [0.15, 0.2) is 57.7 Å². The first-order valence-electron chi connectivity index (χ1n) is 9.03. The van der Waals surface area contributed by atoms with Gasteiger partial charge in [-0.3, -0.25) is 4.79 Å². The Hall–Kier alpha value is -3.28. The third-order valence-corrected chi connectivity index (χ3v) is 4.43. The molecule has 1 amide bonds. The summed E-state index contributed by atoms with van der Waals surface area (Å²) in [5.74, 6) is 1.08. The molecule has 0 spiro atoms. The van der Waals surface area contributed by atoms with Crippen LogP contribution >= 0.6 is 0 Å². The van der Waals surface area contributed by atoms with Crippen LogP contribution in [0.25, 0.3) is 11.0 Å². The summed E-state index contributed by atoms with van der Waals surface area (Å²) < 4.78 is 16.4. The van der Waals surface area contributed by atoms with Gasteiger partial charge in [-0.2, -0.15) is 0 Å². The Kier molecular flexibility index (Phi) is 5.99. The summed E-state index contributed by atoms with van der Waals surface area (Å²) in [5.41, 5.74) is 2.03. The van der Waals surface area contributed by atoms with Crippen LogP contribution in [-0.4, -0.2) is 37.6 Å². The summed E-state index contributed by atoms with van der Waals surface area (Å²) in [5, 5.41) is 0.837. The van der Waals surface area contributed by atoms with Gasteiger partial charge in [0.15, 0.2) is 6.61 Å². The van der Waals surface area contributed by atoms with Gasteiger partial charge in [-0.25, -0.2) is 4.79 Å². The predicted octanol–water partition coefficient (Wildman–Crippen LogP) is 3.33. The van der Waals surface area contributed by atoms with E-state index in [1.807, 2.05) is 44.2 Å². The zero-order valence-corrected chi connectivity index (χ0v) is 16.2. The van der Waals surface area contributed by atoms with Crippen LogP contribution in [-0.2, 0) is 4.79 Å². The van der Waals surface area contributed by atoms with Gasteiger partial charge in [-0.1, -0.05) is 17.7 Å². The molecule has 0 radical (unpaired) electrons. The van der Waals surface area contributed by atoms with Crippen molar-refractivity contribution >= 4 is 16.9 Å². The largest absolute Gasteiger partial charge is 0.492 e. The summed E-state index contributed by atoms with van der Waals surface area (Å²) in [4.78, 5) is 25.3. The van der Waals surface area contributed by atoms with Gasteiger partial charge in [0, 0.05) is 24.6 Å². The molecule has 3 rings (SSSR count). The maximum atomic E-state index is 12.2. The zero-order valence-electron chi connectivity index (χ0n) is 16.2. The Bertz CT molecular complexity index is 1020. The molecule has 0 bridgehead atoms. The van der Waals surface area contributed by atoms with Crippen LogP contribution in [0.4, 0.5) is 0 Å². The van der Waals surface area contributed by atoms with Crippen molar-refractivity contribution in [2.75, 3.05) is 26.8 Å². The highest BCUT2D eigenvalue weighted by atomic mass is 16.5. The second-order valence-electron chi connectivity index (χ2n) is 6.67. The minimum absolute atomic E-state index is 0.109. The Morgan fingerprint density at radius 3 is 2.46 bits per heavy atom. The summed E-state index contributed by atoms with van der Waals surface area (Å²) in [6, 6.07) is 14.4. The number of hydrogen-bond acceptors (Lipinski definition) is 5. The molecule has 6 nitrogen and oxygen atoms in total. The van der Waals surface area contributed by atoms with Crippen molar-refractivity contribution in [1.82, 2.24) is 4.90 Å². The highest BCUT2D eigenvalue weighted by Crippen LogP contribution is 2.22. The van der Waals surface area contributed by atoms with E-state index in [9.17, 15) is 9.59 Å². The van der Waals surface area contributed by atoms with Crippen molar-refractivity contribution in [1.29, 1.82) is 0 Å². The van der Waals surface area contributed by atoms with E-state index >= 15 is 0 Å². The van der Waals surface area contributed by atoms with Gasteiger partial charge in [0.2, 0.25) is 0 Å². The molecule has 6 heteroatoms. The van der Waals surface area contributed by atoms with E-state index in [0.29, 0.717) is 24.5 Å². The van der Waals surface area contributed by atoms with Crippen molar-refractivity contribution in [3.63, 3.8) is 0 Å². The van der Waals surface area contributed by atoms with Crippen molar-refractivity contribution in [3.8, 4) is 11.5 Å². The standard InChI is InChI=1S/C22H23NO5/c1-15-4-6-17(7-5-15)26-11-10-23(3)21(24)14-27-18-8-9-19-16(2)12-22(25)28-20(19)13-18/h4-9,12-13H,10-11,14H2,1-3H3. The number of amides is 1. The van der Waals surface area contributed by atoms with E-state index in [1.54, 1.807) is 24.1 Å². The van der Waals surface area contributed by atoms with Crippen LogP contribution in [0.1, 0.15) is 11.1 Å². The smallest absolute Gasteiger partial charge is 0.336 e. The van der Waals surface area contributed by atoms with Gasteiger partial charge >= 0.3 is 5.63 Å². The molecule has 0 aliphatic heterocycles. The van der Waals surface area contributed by atoms with E-state index in [4.69, 9.17) is 13.9 Å². The van der Waals surface area contributed by atoms with Crippen molar-refractivity contribution in [2.24, 2.45) is 0 Å². The van der Waals surface area contributed by atoms with Gasteiger partial charge in [0.1, 0.15) is 23.7 Å². The molecule has 1 aromatic heterocycles. The molecule has 0 fully saturated rings. The average Bonchev–Trinajstić information content (AvgIpc) is 2.67. The maximum absolute atomic E-state index is 12.2. The van der Waals surface area contributed by atoms with E-state index in [0.717, 1.165) is 16.7 Å². The summed E-state index contributed by atoms with van der Waals surface area (Å²) in [6.45, 7) is 4.59. The van der Waals surface area contributed by atoms with Crippen LogP contribution in [0, 0.1) is 13.8 Å². The number of ether oxygens (including phenoxy) is 2. The van der Waals surface area contributed by atoms with Gasteiger partial charge in [0.05, 0.1) is 6.54 Å². The molecule has 0 N–H and O–H groups in total. The summed E-state index contributed by atoms with van der Waals surface area (Å²) in [7, 11) is 1.70. The first-order valence-corrected chi connectivity index (χ1v) is 9.03. The number of carbonyl (C=O) groups excluding carboxylic acids is 1. The quantitative estimate of drug-likeness (QED) is 0.587. The molecule has 0 atom stereocenters. The van der Waals surface area contributed by atoms with Gasteiger partial charge in [0.25, 0.3) is 5.91 Å². The summed E-state index contributed by atoms with van der Waals surface area (Å²) in [6.07, 6.45) is 0. The minimum Gasteiger partial charge on any atom is -0.492 e. The number of likely N-dealkylation sites (N-methyl/N-ethyl adjacent to an activating group) is 1. The molecule has 146 valence electrons. The molecule has 0 unspecified atom stereocenters. The van der Waals surface area contributed by atoms with Crippen molar-refractivity contribution in [3.05, 3.63) is 70.1 Å². The molecular weight excluding hydrogens is 358 g/mol. The number of benzene rings is 2. The predicted molar refractivity (Wildman–Crippen MR) is 107 cm³/mol. The first kappa shape index (κ1) is 19.5. The fraction of sp³-hybridized carbons (Fsp3) is 0.273. The van der Waals surface area contributed by atoms with Crippen LogP contribution in [0.2, 0.25) is 0 Å². The fourth-order valence-electron chi connectivity index (χ4n) is 2.71. The molecular formula is C22H23NO5. The molecule has 0 saturated carbocycles. The Morgan fingerprint density at radius 1 is 1.00 bits per heavy atom. The number of carbonyl (C=O) groups is 1. The number of rotatable bonds is 7. The molecule has 0 aliphatic rings. The normalized spacial score (nSPS) is 10.7. The van der Waals surface area contributed by atoms with Gasteiger partial charge < -0.3 is 18.8 Å². The van der Waals surface area contributed by atoms with Crippen LogP contribution < -0.4 is 15.1 Å². The zero-order chi connectivity index (χ0) is 20.1. The van der Waals surface area contributed by atoms with Gasteiger partial charge in [-0.05, 0) is 43.7 Å². The minimum atomic E-state index is -0.411. The van der Waals surface area contributed by atoms with E-state index < -0.39 is 5.63 Å². The maximum Gasteiger partial charge on any atom is 0.336 e. The van der Waals surface area contributed by atoms with Crippen LogP contribution in [0.3, 0.4) is 0 Å². The number of hydrogen-bond donors (Lipinski definition) is 0. The molecule has 28 heavy (non-hydrogen) atoms. The first-order chi connectivity index (χ1) is 13.4. The van der Waals surface area contributed by atoms with Crippen molar-refractivity contribution < 1.29 is 18.7 Å². The number of fused-ring (bicyclic) bond motifs is 1. The lowest BCUT2D eigenvalue weighted by atomic mass is 10.1. The fourth-order valence-corrected chi connectivity index (χ4v) is 2.71. The number of nitrogens with zero attached hydrogens (tertiary/aromatic N) is 1. The lowest BCUT2D eigenvalue weighted by Crippen LogP contribution is -2.34. The Balaban J connectivity index is 1.51. The highest BCUT2D eigenvalue weighted by Gasteiger charge is 2.11. The molecule has 3 aromatic rings. The Morgan fingerprint density at radius 2 is 1.71 bits per heavy atom. The monoisotopic (exact) mass is 381 g/mol. The SMILES string of the molecule is Cc1ccc(OCCN(C)C(=O)COc2ccc3c(C)cc(=O)oc3c2)cc1. The topological polar surface area (TPSA) is 69.0 Å². The van der Waals surface area contributed by atoms with E-state index in [1.165, 1.54) is 11.6 Å². The Labute approximate surface area is 163 Å². The van der Waals surface area contributed by atoms with Crippen LogP contribution in [0.5, 0.6) is 11.5 Å². The van der Waals surface area contributed by atoms with Gasteiger partial charge in [-0.15, -0.1) is 0 Å². The number of aryl methyl sites for hydroxylation is 2. The lowest BCUT2D eigenvalue weighted by Gasteiger charge is -2.18. The highest BCUT2D eigenvalue weighted by molar-refractivity contribution is 5.81.